The van der Waals surface area contributed by atoms with Crippen molar-refractivity contribution in [3.63, 3.8) is 0 Å². The monoisotopic (exact) mass is 442 g/mol. The van der Waals surface area contributed by atoms with Crippen LogP contribution in [0.15, 0.2) is 60.7 Å². The molecule has 0 amide bonds. The lowest BCUT2D eigenvalue weighted by Crippen LogP contribution is -2.13. The quantitative estimate of drug-likeness (QED) is 0.266. The molecule has 4 aromatic rings. The van der Waals surface area contributed by atoms with E-state index in [-0.39, 0.29) is 5.41 Å². The molecule has 0 saturated carbocycles. The fraction of sp³-hybridized carbons (Fsp3) is 0.182. The van der Waals surface area contributed by atoms with E-state index < -0.39 is 0 Å². The summed E-state index contributed by atoms with van der Waals surface area (Å²) in [6.45, 7) is 6.86. The molecule has 1 aromatic heterocycles. The van der Waals surface area contributed by atoms with Crippen molar-refractivity contribution in [3.8, 4) is 11.1 Å². The molecule has 0 atom stereocenters. The van der Waals surface area contributed by atoms with E-state index in [9.17, 15) is 0 Å². The Hall–Kier alpha value is -1.39. The van der Waals surface area contributed by atoms with Crippen LogP contribution in [0.4, 0.5) is 0 Å². The molecule has 0 bridgehead atoms. The van der Waals surface area contributed by atoms with Gasteiger partial charge in [0.2, 0.25) is 0 Å². The Balaban J connectivity index is 2.08. The standard InChI is InChI=1S/C22H19IS/c1-22(2,3)17-11-6-10-15(21(17)23)14-9-7-13-19-20(14)16-8-4-5-12-18(16)24-19/h4-13H,1-3H3. The molecule has 3 aromatic carbocycles. The molecule has 0 saturated heterocycles. The summed E-state index contributed by atoms with van der Waals surface area (Å²) in [7, 11) is 0. The van der Waals surface area contributed by atoms with Crippen LogP contribution in [0.1, 0.15) is 26.3 Å². The maximum Gasteiger partial charge on any atom is 0.0361 e. The van der Waals surface area contributed by atoms with Crippen molar-refractivity contribution in [3.05, 3.63) is 69.8 Å². The summed E-state index contributed by atoms with van der Waals surface area (Å²) in [5, 5.41) is 2.76. The molecular formula is C22H19IS. The van der Waals surface area contributed by atoms with Crippen LogP contribution in [0.25, 0.3) is 31.3 Å². The summed E-state index contributed by atoms with van der Waals surface area (Å²) < 4.78 is 4.10. The lowest BCUT2D eigenvalue weighted by molar-refractivity contribution is 0.587. The van der Waals surface area contributed by atoms with Crippen molar-refractivity contribution >= 4 is 54.1 Å². The van der Waals surface area contributed by atoms with Gasteiger partial charge in [0, 0.05) is 23.7 Å². The summed E-state index contributed by atoms with van der Waals surface area (Å²) in [6, 6.07) is 22.2. The normalized spacial score (nSPS) is 12.2. The Labute approximate surface area is 160 Å². The molecule has 0 aliphatic carbocycles. The second kappa shape index (κ2) is 5.85. The topological polar surface area (TPSA) is 0 Å². The van der Waals surface area contributed by atoms with Crippen molar-refractivity contribution in [2.24, 2.45) is 0 Å². The summed E-state index contributed by atoms with van der Waals surface area (Å²) in [5.41, 5.74) is 4.26. The van der Waals surface area contributed by atoms with E-state index in [1.807, 2.05) is 11.3 Å². The van der Waals surface area contributed by atoms with Gasteiger partial charge in [0.1, 0.15) is 0 Å². The van der Waals surface area contributed by atoms with Crippen LogP contribution in [0.2, 0.25) is 0 Å². The molecule has 0 nitrogen and oxygen atoms in total. The molecular weight excluding hydrogens is 423 g/mol. The van der Waals surface area contributed by atoms with Crippen molar-refractivity contribution in [1.29, 1.82) is 0 Å². The molecule has 0 spiro atoms. The SMILES string of the molecule is CC(C)(C)c1cccc(-c2cccc3sc4ccccc4c23)c1I. The van der Waals surface area contributed by atoms with Crippen LogP contribution >= 0.6 is 33.9 Å². The van der Waals surface area contributed by atoms with Crippen LogP contribution in [0.3, 0.4) is 0 Å². The average Bonchev–Trinajstić information content (AvgIpc) is 2.92. The maximum absolute atomic E-state index is 2.53. The molecule has 120 valence electrons. The van der Waals surface area contributed by atoms with Gasteiger partial charge in [-0.05, 0) is 56.8 Å². The molecule has 0 N–H and O–H groups in total. The van der Waals surface area contributed by atoms with Gasteiger partial charge in [-0.3, -0.25) is 0 Å². The van der Waals surface area contributed by atoms with Crippen LogP contribution in [0.5, 0.6) is 0 Å². The van der Waals surface area contributed by atoms with Gasteiger partial charge in [-0.15, -0.1) is 11.3 Å². The van der Waals surface area contributed by atoms with Crippen molar-refractivity contribution in [2.75, 3.05) is 0 Å². The highest BCUT2D eigenvalue weighted by Gasteiger charge is 2.20. The minimum atomic E-state index is 0.150. The van der Waals surface area contributed by atoms with Gasteiger partial charge in [0.05, 0.1) is 0 Å². The van der Waals surface area contributed by atoms with Gasteiger partial charge >= 0.3 is 0 Å². The first-order chi connectivity index (χ1) is 11.5. The average molecular weight is 442 g/mol. The molecule has 2 heteroatoms. The van der Waals surface area contributed by atoms with E-state index in [2.05, 4.69) is 104 Å². The van der Waals surface area contributed by atoms with Crippen LogP contribution in [0, 0.1) is 3.57 Å². The number of fused-ring (bicyclic) bond motifs is 3. The van der Waals surface area contributed by atoms with Gasteiger partial charge in [-0.2, -0.15) is 0 Å². The number of halogens is 1. The van der Waals surface area contributed by atoms with Crippen LogP contribution in [-0.4, -0.2) is 0 Å². The number of benzene rings is 3. The summed E-state index contributed by atoms with van der Waals surface area (Å²) in [4.78, 5) is 0. The predicted octanol–water partition coefficient (Wildman–Crippen LogP) is 7.62. The Kier molecular flexibility index (Phi) is 3.92. The zero-order chi connectivity index (χ0) is 16.9. The zero-order valence-electron chi connectivity index (χ0n) is 14.1. The third kappa shape index (κ3) is 2.56. The highest BCUT2D eigenvalue weighted by Crippen LogP contribution is 2.42. The molecule has 0 radical (unpaired) electrons. The number of rotatable bonds is 1. The third-order valence-corrected chi connectivity index (χ3v) is 6.80. The van der Waals surface area contributed by atoms with Crippen LogP contribution in [-0.2, 0) is 5.41 Å². The molecule has 0 aliphatic rings. The zero-order valence-corrected chi connectivity index (χ0v) is 17.0. The fourth-order valence-electron chi connectivity index (χ4n) is 3.32. The first-order valence-electron chi connectivity index (χ1n) is 8.16. The minimum Gasteiger partial charge on any atom is -0.135 e. The molecule has 4 rings (SSSR count). The Bertz CT molecular complexity index is 1050. The summed E-state index contributed by atoms with van der Waals surface area (Å²) in [5.74, 6) is 0. The van der Waals surface area contributed by atoms with Crippen molar-refractivity contribution < 1.29 is 0 Å². The summed E-state index contributed by atoms with van der Waals surface area (Å²) in [6.07, 6.45) is 0. The first kappa shape index (κ1) is 16.1. The van der Waals surface area contributed by atoms with E-state index in [4.69, 9.17) is 0 Å². The number of thiophene rings is 1. The van der Waals surface area contributed by atoms with E-state index in [1.54, 1.807) is 0 Å². The highest BCUT2D eigenvalue weighted by atomic mass is 127. The lowest BCUT2D eigenvalue weighted by Gasteiger charge is -2.22. The molecule has 0 aliphatic heterocycles. The number of hydrogen-bond donors (Lipinski definition) is 0. The van der Waals surface area contributed by atoms with Crippen molar-refractivity contribution in [1.82, 2.24) is 0 Å². The van der Waals surface area contributed by atoms with E-state index in [1.165, 1.54) is 40.4 Å². The number of hydrogen-bond acceptors (Lipinski definition) is 1. The largest absolute Gasteiger partial charge is 0.135 e. The Morgan fingerprint density at radius 1 is 0.750 bits per heavy atom. The van der Waals surface area contributed by atoms with E-state index in [0.717, 1.165) is 0 Å². The second-order valence-corrected chi connectivity index (χ2v) is 9.36. The Morgan fingerprint density at radius 3 is 2.21 bits per heavy atom. The third-order valence-electron chi connectivity index (χ3n) is 4.50. The van der Waals surface area contributed by atoms with Crippen molar-refractivity contribution in [2.45, 2.75) is 26.2 Å². The van der Waals surface area contributed by atoms with Gasteiger partial charge < -0.3 is 0 Å². The Morgan fingerprint density at radius 2 is 1.42 bits per heavy atom. The van der Waals surface area contributed by atoms with Gasteiger partial charge in [-0.1, -0.05) is 69.3 Å². The van der Waals surface area contributed by atoms with Gasteiger partial charge in [-0.25, -0.2) is 0 Å². The first-order valence-corrected chi connectivity index (χ1v) is 10.1. The smallest absolute Gasteiger partial charge is 0.0361 e. The molecule has 0 unspecified atom stereocenters. The molecule has 0 fully saturated rings. The maximum atomic E-state index is 2.53. The summed E-state index contributed by atoms with van der Waals surface area (Å²) >= 11 is 4.41. The lowest BCUT2D eigenvalue weighted by atomic mass is 9.85. The second-order valence-electron chi connectivity index (χ2n) is 7.19. The van der Waals surface area contributed by atoms with E-state index >= 15 is 0 Å². The van der Waals surface area contributed by atoms with Gasteiger partial charge in [0.15, 0.2) is 0 Å². The molecule has 1 heterocycles. The van der Waals surface area contributed by atoms with Gasteiger partial charge in [0.25, 0.3) is 0 Å². The fourth-order valence-corrected chi connectivity index (χ4v) is 5.91. The van der Waals surface area contributed by atoms with E-state index in [0.29, 0.717) is 0 Å². The highest BCUT2D eigenvalue weighted by molar-refractivity contribution is 14.1. The van der Waals surface area contributed by atoms with Crippen LogP contribution < -0.4 is 0 Å². The minimum absolute atomic E-state index is 0.150. The molecule has 24 heavy (non-hydrogen) atoms. The predicted molar refractivity (Wildman–Crippen MR) is 116 cm³/mol.